The van der Waals surface area contributed by atoms with Crippen LogP contribution in [0.1, 0.15) is 31.5 Å². The van der Waals surface area contributed by atoms with Crippen molar-refractivity contribution >= 4 is 20.9 Å². The van der Waals surface area contributed by atoms with Gasteiger partial charge in [0.25, 0.3) is 0 Å². The summed E-state index contributed by atoms with van der Waals surface area (Å²) in [6.07, 6.45) is 7.07. The van der Waals surface area contributed by atoms with Gasteiger partial charge in [0.2, 0.25) is 0 Å². The van der Waals surface area contributed by atoms with Crippen molar-refractivity contribution in [1.29, 1.82) is 5.26 Å². The molecule has 1 aliphatic carbocycles. The largest absolute Gasteiger partial charge is 0.356 e. The number of anilines is 1. The van der Waals surface area contributed by atoms with E-state index in [1.54, 1.807) is 12.3 Å². The average molecular weight is 320 g/mol. The Labute approximate surface area is 133 Å². The van der Waals surface area contributed by atoms with E-state index in [9.17, 15) is 0 Å². The van der Waals surface area contributed by atoms with Gasteiger partial charge in [-0.3, -0.25) is 0 Å². The van der Waals surface area contributed by atoms with Gasteiger partial charge in [-0.2, -0.15) is 5.26 Å². The summed E-state index contributed by atoms with van der Waals surface area (Å²) in [5.74, 6) is 1.55. The van der Waals surface area contributed by atoms with Gasteiger partial charge < -0.3 is 13.9 Å². The van der Waals surface area contributed by atoms with Crippen LogP contribution >= 0.6 is 9.03 Å². The minimum Gasteiger partial charge on any atom is -0.356 e. The highest BCUT2D eigenvalue weighted by Gasteiger charge is 2.29. The highest BCUT2D eigenvalue weighted by atomic mass is 31.1. The summed E-state index contributed by atoms with van der Waals surface area (Å²) in [6, 6.07) is 4.36. The zero-order valence-corrected chi connectivity index (χ0v) is 13.7. The lowest BCUT2D eigenvalue weighted by Crippen LogP contribution is -2.30. The Hall–Kier alpha value is -1.54. The molecule has 3 atom stereocenters. The average Bonchev–Trinajstić information content (AvgIpc) is 3.03. The van der Waals surface area contributed by atoms with E-state index in [-0.39, 0.29) is 15.1 Å². The highest BCUT2D eigenvalue weighted by Crippen LogP contribution is 2.32. The van der Waals surface area contributed by atoms with E-state index in [2.05, 4.69) is 21.4 Å². The third kappa shape index (κ3) is 4.74. The molecule has 1 aromatic rings. The molecule has 3 unspecified atom stereocenters. The number of hydrogen-bond donors (Lipinski definition) is 0. The predicted molar refractivity (Wildman–Crippen MR) is 87.5 cm³/mol. The fraction of sp³-hybridized carbons (Fsp3) is 0.533. The van der Waals surface area contributed by atoms with Crippen LogP contribution in [0.2, 0.25) is 0 Å². The summed E-state index contributed by atoms with van der Waals surface area (Å²) in [7, 11) is 2.06. The first kappa shape index (κ1) is 16.8. The summed E-state index contributed by atoms with van der Waals surface area (Å²) < 4.78 is 11.0. The summed E-state index contributed by atoms with van der Waals surface area (Å²) in [4.78, 5) is 10.8. The Bertz CT molecular complexity index is 535. The van der Waals surface area contributed by atoms with Crippen molar-refractivity contribution < 1.29 is 9.05 Å². The number of hydrogen-bond acceptors (Lipinski definition) is 6. The smallest absolute Gasteiger partial charge is 0.155 e. The van der Waals surface area contributed by atoms with Crippen molar-refractivity contribution in [2.24, 2.45) is 0 Å². The third-order valence-corrected chi connectivity index (χ3v) is 4.45. The maximum Gasteiger partial charge on any atom is 0.155 e. The van der Waals surface area contributed by atoms with Crippen molar-refractivity contribution in [1.82, 2.24) is 9.97 Å². The van der Waals surface area contributed by atoms with Crippen LogP contribution in [0.15, 0.2) is 18.8 Å². The van der Waals surface area contributed by atoms with E-state index in [0.717, 1.165) is 25.1 Å². The SMILES string of the molecule is C=Cc1nccc(N(C)C2CCC(OPOCCC#N)C2)n1. The van der Waals surface area contributed by atoms with E-state index >= 15 is 0 Å². The van der Waals surface area contributed by atoms with Crippen molar-refractivity contribution in [3.05, 3.63) is 24.7 Å². The molecule has 0 spiro atoms. The number of aromatic nitrogens is 2. The fourth-order valence-electron chi connectivity index (χ4n) is 2.46. The summed E-state index contributed by atoms with van der Waals surface area (Å²) in [5, 5.41) is 8.43. The van der Waals surface area contributed by atoms with Gasteiger partial charge in [0.05, 0.1) is 25.2 Å². The molecule has 1 aromatic heterocycles. The minimum absolute atomic E-state index is 0.0152. The van der Waals surface area contributed by atoms with E-state index in [1.807, 2.05) is 19.2 Å². The van der Waals surface area contributed by atoms with Crippen molar-refractivity contribution in [3.8, 4) is 6.07 Å². The second-order valence-electron chi connectivity index (χ2n) is 5.13. The molecule has 1 heterocycles. The first-order valence-corrected chi connectivity index (χ1v) is 8.14. The van der Waals surface area contributed by atoms with Crippen LogP contribution in [0.3, 0.4) is 0 Å². The van der Waals surface area contributed by atoms with Gasteiger partial charge in [0, 0.05) is 19.3 Å². The maximum absolute atomic E-state index is 8.43. The van der Waals surface area contributed by atoms with Gasteiger partial charge in [-0.05, 0) is 31.4 Å². The van der Waals surface area contributed by atoms with Crippen LogP contribution in [0.5, 0.6) is 0 Å². The molecular weight excluding hydrogens is 299 g/mol. The summed E-state index contributed by atoms with van der Waals surface area (Å²) in [6.45, 7) is 4.14. The quantitative estimate of drug-likeness (QED) is 0.542. The zero-order valence-electron chi connectivity index (χ0n) is 12.7. The number of rotatable bonds is 8. The monoisotopic (exact) mass is 320 g/mol. The number of nitrogens with zero attached hydrogens (tertiary/aromatic N) is 4. The Morgan fingerprint density at radius 2 is 2.45 bits per heavy atom. The molecule has 7 heteroatoms. The van der Waals surface area contributed by atoms with Crippen LogP contribution in [0.25, 0.3) is 6.08 Å². The van der Waals surface area contributed by atoms with Gasteiger partial charge in [-0.1, -0.05) is 6.58 Å². The second kappa shape index (κ2) is 8.79. The van der Waals surface area contributed by atoms with Gasteiger partial charge in [-0.15, -0.1) is 0 Å². The lowest BCUT2D eigenvalue weighted by molar-refractivity contribution is 0.197. The predicted octanol–water partition coefficient (Wildman–Crippen LogP) is 2.93. The lowest BCUT2D eigenvalue weighted by atomic mass is 10.2. The van der Waals surface area contributed by atoms with Crippen molar-refractivity contribution in [2.45, 2.75) is 37.8 Å². The molecule has 0 radical (unpaired) electrons. The fourth-order valence-corrected chi connectivity index (χ4v) is 3.07. The van der Waals surface area contributed by atoms with Crippen LogP contribution < -0.4 is 4.90 Å². The van der Waals surface area contributed by atoms with E-state index in [1.165, 1.54) is 0 Å². The molecule has 0 bridgehead atoms. The van der Waals surface area contributed by atoms with Crippen LogP contribution in [-0.4, -0.2) is 35.8 Å². The topological polar surface area (TPSA) is 71.3 Å². The van der Waals surface area contributed by atoms with Crippen molar-refractivity contribution in [2.75, 3.05) is 18.6 Å². The maximum atomic E-state index is 8.43. The van der Waals surface area contributed by atoms with Crippen molar-refractivity contribution in [3.63, 3.8) is 0 Å². The first-order valence-electron chi connectivity index (χ1n) is 7.32. The molecule has 22 heavy (non-hydrogen) atoms. The molecule has 6 nitrogen and oxygen atoms in total. The number of nitriles is 1. The highest BCUT2D eigenvalue weighted by molar-refractivity contribution is 7.26. The van der Waals surface area contributed by atoms with Crippen LogP contribution in [0, 0.1) is 11.3 Å². The van der Waals surface area contributed by atoms with E-state index in [0.29, 0.717) is 24.9 Å². The minimum atomic E-state index is 0.0152. The molecule has 1 saturated carbocycles. The molecule has 0 amide bonds. The molecule has 1 fully saturated rings. The molecule has 0 N–H and O–H groups in total. The molecule has 1 aliphatic rings. The Morgan fingerprint density at radius 1 is 1.59 bits per heavy atom. The van der Waals surface area contributed by atoms with Gasteiger partial charge in [0.1, 0.15) is 5.82 Å². The second-order valence-corrected chi connectivity index (χ2v) is 5.83. The van der Waals surface area contributed by atoms with E-state index in [4.69, 9.17) is 14.3 Å². The standard InChI is InChI=1S/C15H21N4O2P/c1-3-14-17-9-7-15(18-14)19(2)12-5-6-13(11-12)21-22-20-10-4-8-16/h3,7,9,12-13,22H,1,4-6,10-11H2,2H3. The molecular formula is C15H21N4O2P. The Kier molecular flexibility index (Phi) is 6.73. The third-order valence-electron chi connectivity index (χ3n) is 3.70. The zero-order chi connectivity index (χ0) is 15.8. The normalized spacial score (nSPS) is 21.1. The van der Waals surface area contributed by atoms with Gasteiger partial charge in [-0.25, -0.2) is 9.97 Å². The summed E-state index contributed by atoms with van der Waals surface area (Å²) >= 11 is 0. The van der Waals surface area contributed by atoms with Crippen LogP contribution in [-0.2, 0) is 9.05 Å². The van der Waals surface area contributed by atoms with E-state index < -0.39 is 0 Å². The Morgan fingerprint density at radius 3 is 3.23 bits per heavy atom. The lowest BCUT2D eigenvalue weighted by Gasteiger charge is -2.25. The first-order chi connectivity index (χ1) is 10.7. The van der Waals surface area contributed by atoms with Gasteiger partial charge in [0.15, 0.2) is 14.9 Å². The molecule has 0 aromatic carbocycles. The molecule has 2 rings (SSSR count). The molecule has 0 saturated heterocycles. The van der Waals surface area contributed by atoms with Gasteiger partial charge >= 0.3 is 0 Å². The van der Waals surface area contributed by atoms with Crippen LogP contribution in [0.4, 0.5) is 5.82 Å². The Balaban J connectivity index is 1.79. The summed E-state index contributed by atoms with van der Waals surface area (Å²) in [5.41, 5.74) is 0. The molecule has 118 valence electrons. The molecule has 0 aliphatic heterocycles.